The summed E-state index contributed by atoms with van der Waals surface area (Å²) in [4.78, 5) is 27.1. The molecule has 0 spiro atoms. The van der Waals surface area contributed by atoms with Gasteiger partial charge in [0.15, 0.2) is 11.5 Å². The van der Waals surface area contributed by atoms with Crippen LogP contribution >= 0.6 is 0 Å². The van der Waals surface area contributed by atoms with E-state index in [2.05, 4.69) is 15.5 Å². The summed E-state index contributed by atoms with van der Waals surface area (Å²) in [6, 6.07) is 12.7. The van der Waals surface area contributed by atoms with Crippen molar-refractivity contribution in [3.8, 4) is 17.2 Å². The van der Waals surface area contributed by atoms with Gasteiger partial charge in [0, 0.05) is 17.7 Å². The van der Waals surface area contributed by atoms with Gasteiger partial charge in [0.25, 0.3) is 0 Å². The van der Waals surface area contributed by atoms with E-state index in [1.165, 1.54) is 0 Å². The van der Waals surface area contributed by atoms with Crippen molar-refractivity contribution in [2.75, 3.05) is 44.2 Å². The Bertz CT molecular complexity index is 925. The molecule has 158 valence electrons. The number of carbonyl (C=O) groups excluding carboxylic acids is 2. The lowest BCUT2D eigenvalue weighted by atomic mass is 9.95. The average molecular weight is 411 g/mol. The summed E-state index contributed by atoms with van der Waals surface area (Å²) in [5.74, 6) is 1.78. The summed E-state index contributed by atoms with van der Waals surface area (Å²) in [5, 5.41) is 5.84. The van der Waals surface area contributed by atoms with Crippen LogP contribution in [0.1, 0.15) is 12.8 Å². The van der Waals surface area contributed by atoms with E-state index < -0.39 is 0 Å². The van der Waals surface area contributed by atoms with E-state index in [-0.39, 0.29) is 31.1 Å². The van der Waals surface area contributed by atoms with Gasteiger partial charge in [0.1, 0.15) is 5.75 Å². The molecule has 2 heterocycles. The van der Waals surface area contributed by atoms with Crippen molar-refractivity contribution in [3.63, 3.8) is 0 Å². The van der Waals surface area contributed by atoms with E-state index in [0.29, 0.717) is 54.6 Å². The van der Waals surface area contributed by atoms with Gasteiger partial charge < -0.3 is 24.8 Å². The molecule has 8 heteroatoms. The summed E-state index contributed by atoms with van der Waals surface area (Å²) >= 11 is 0. The number of para-hydroxylation sites is 2. The van der Waals surface area contributed by atoms with Crippen LogP contribution in [0, 0.1) is 5.92 Å². The van der Waals surface area contributed by atoms with Crippen LogP contribution in [0.4, 0.5) is 11.4 Å². The van der Waals surface area contributed by atoms with Crippen LogP contribution < -0.4 is 24.8 Å². The Hall–Kier alpha value is -3.26. The lowest BCUT2D eigenvalue weighted by Gasteiger charge is -2.30. The Morgan fingerprint density at radius 1 is 1.07 bits per heavy atom. The molecule has 2 aromatic carbocycles. The van der Waals surface area contributed by atoms with Gasteiger partial charge in [-0.25, -0.2) is 0 Å². The van der Waals surface area contributed by atoms with Crippen molar-refractivity contribution in [1.29, 1.82) is 0 Å². The van der Waals surface area contributed by atoms with Gasteiger partial charge in [-0.3, -0.25) is 14.5 Å². The first-order valence-corrected chi connectivity index (χ1v) is 9.98. The number of likely N-dealkylation sites (tertiary alicyclic amines) is 1. The van der Waals surface area contributed by atoms with Gasteiger partial charge >= 0.3 is 0 Å². The van der Waals surface area contributed by atoms with E-state index in [1.807, 2.05) is 24.3 Å². The molecule has 0 unspecified atom stereocenters. The average Bonchev–Trinajstić information content (AvgIpc) is 3.22. The molecule has 0 saturated carbocycles. The second kappa shape index (κ2) is 9.04. The maximum Gasteiger partial charge on any atom is 0.238 e. The van der Waals surface area contributed by atoms with Crippen LogP contribution in [0.2, 0.25) is 0 Å². The molecule has 0 radical (unpaired) electrons. The van der Waals surface area contributed by atoms with E-state index in [4.69, 9.17) is 14.2 Å². The van der Waals surface area contributed by atoms with Crippen LogP contribution in [0.25, 0.3) is 0 Å². The minimum atomic E-state index is -0.0947. The minimum Gasteiger partial charge on any atom is -0.495 e. The molecule has 8 nitrogen and oxygen atoms in total. The fourth-order valence-corrected chi connectivity index (χ4v) is 3.71. The number of nitrogens with one attached hydrogen (secondary N) is 2. The normalized spacial score (nSPS) is 16.2. The van der Waals surface area contributed by atoms with Gasteiger partial charge in [0.2, 0.25) is 18.6 Å². The predicted octanol–water partition coefficient (Wildman–Crippen LogP) is 2.71. The van der Waals surface area contributed by atoms with Crippen LogP contribution in [0.3, 0.4) is 0 Å². The van der Waals surface area contributed by atoms with E-state index in [9.17, 15) is 9.59 Å². The Labute approximate surface area is 175 Å². The van der Waals surface area contributed by atoms with Crippen molar-refractivity contribution in [2.24, 2.45) is 5.92 Å². The molecule has 0 aromatic heterocycles. The van der Waals surface area contributed by atoms with Gasteiger partial charge in [-0.2, -0.15) is 0 Å². The van der Waals surface area contributed by atoms with E-state index in [1.54, 1.807) is 25.3 Å². The van der Waals surface area contributed by atoms with Gasteiger partial charge in [-0.05, 0) is 50.2 Å². The summed E-state index contributed by atoms with van der Waals surface area (Å²) in [5.41, 5.74) is 1.35. The monoisotopic (exact) mass is 411 g/mol. The first-order valence-electron chi connectivity index (χ1n) is 9.98. The number of nitrogens with zero attached hydrogens (tertiary/aromatic N) is 1. The first-order chi connectivity index (χ1) is 14.6. The molecule has 0 bridgehead atoms. The highest BCUT2D eigenvalue weighted by Gasteiger charge is 2.26. The quantitative estimate of drug-likeness (QED) is 0.760. The topological polar surface area (TPSA) is 89.1 Å². The number of methoxy groups -OCH3 is 1. The second-order valence-corrected chi connectivity index (χ2v) is 7.36. The minimum absolute atomic E-state index is 0.00742. The summed E-state index contributed by atoms with van der Waals surface area (Å²) in [7, 11) is 1.57. The molecule has 2 aromatic rings. The standard InChI is InChI=1S/C22H25N3O5/c1-28-18-5-3-2-4-17(18)24-21(26)13-25-10-8-15(9-11-25)22(27)23-16-6-7-19-20(12-16)30-14-29-19/h2-7,12,15H,8-11,13-14H2,1H3,(H,23,27)(H,24,26). The molecule has 2 amide bonds. The number of hydrogen-bond acceptors (Lipinski definition) is 6. The summed E-state index contributed by atoms with van der Waals surface area (Å²) < 4.78 is 15.9. The smallest absolute Gasteiger partial charge is 0.238 e. The fourth-order valence-electron chi connectivity index (χ4n) is 3.71. The fraction of sp³-hybridized carbons (Fsp3) is 0.364. The predicted molar refractivity (Wildman–Crippen MR) is 112 cm³/mol. The zero-order valence-corrected chi connectivity index (χ0v) is 16.8. The molecular formula is C22H25N3O5. The van der Waals surface area contributed by atoms with Crippen LogP contribution in [-0.2, 0) is 9.59 Å². The Morgan fingerprint density at radius 2 is 1.83 bits per heavy atom. The number of fused-ring (bicyclic) bond motifs is 1. The molecule has 30 heavy (non-hydrogen) atoms. The Morgan fingerprint density at radius 3 is 2.63 bits per heavy atom. The highest BCUT2D eigenvalue weighted by molar-refractivity contribution is 5.94. The molecular weight excluding hydrogens is 386 g/mol. The van der Waals surface area contributed by atoms with Crippen LogP contribution in [-0.4, -0.2) is 50.3 Å². The maximum atomic E-state index is 12.6. The Kier molecular flexibility index (Phi) is 6.04. The molecule has 1 fully saturated rings. The van der Waals surface area contributed by atoms with Crippen molar-refractivity contribution >= 4 is 23.2 Å². The third-order valence-electron chi connectivity index (χ3n) is 5.35. The molecule has 0 aliphatic carbocycles. The first kappa shape index (κ1) is 20.0. The van der Waals surface area contributed by atoms with Crippen LogP contribution in [0.15, 0.2) is 42.5 Å². The summed E-state index contributed by atoms with van der Waals surface area (Å²) in [6.07, 6.45) is 1.41. The van der Waals surface area contributed by atoms with E-state index in [0.717, 1.165) is 0 Å². The third-order valence-corrected chi connectivity index (χ3v) is 5.35. The SMILES string of the molecule is COc1ccccc1NC(=O)CN1CCC(C(=O)Nc2ccc3c(c2)OCO3)CC1. The molecule has 1 saturated heterocycles. The molecule has 0 atom stereocenters. The number of ether oxygens (including phenoxy) is 3. The molecule has 2 aliphatic rings. The molecule has 2 N–H and O–H groups in total. The molecule has 2 aliphatic heterocycles. The number of amides is 2. The lowest BCUT2D eigenvalue weighted by Crippen LogP contribution is -2.41. The maximum absolute atomic E-state index is 12.6. The zero-order valence-electron chi connectivity index (χ0n) is 16.8. The number of piperidine rings is 1. The van der Waals surface area contributed by atoms with Crippen molar-refractivity contribution < 1.29 is 23.8 Å². The number of rotatable bonds is 6. The van der Waals surface area contributed by atoms with E-state index >= 15 is 0 Å². The van der Waals surface area contributed by atoms with Gasteiger partial charge in [-0.1, -0.05) is 12.1 Å². The van der Waals surface area contributed by atoms with Crippen molar-refractivity contribution in [2.45, 2.75) is 12.8 Å². The zero-order chi connectivity index (χ0) is 20.9. The number of carbonyl (C=O) groups is 2. The third kappa shape index (κ3) is 4.65. The highest BCUT2D eigenvalue weighted by Crippen LogP contribution is 2.34. The lowest BCUT2D eigenvalue weighted by molar-refractivity contribution is -0.121. The second-order valence-electron chi connectivity index (χ2n) is 7.36. The number of hydrogen-bond donors (Lipinski definition) is 2. The molecule has 4 rings (SSSR count). The van der Waals surface area contributed by atoms with Gasteiger partial charge in [0.05, 0.1) is 19.3 Å². The summed E-state index contributed by atoms with van der Waals surface area (Å²) in [6.45, 7) is 1.88. The number of anilines is 2. The van der Waals surface area contributed by atoms with Crippen LogP contribution in [0.5, 0.6) is 17.2 Å². The van der Waals surface area contributed by atoms with Crippen molar-refractivity contribution in [1.82, 2.24) is 4.90 Å². The Balaban J connectivity index is 1.24. The highest BCUT2D eigenvalue weighted by atomic mass is 16.7. The number of benzene rings is 2. The van der Waals surface area contributed by atoms with Crippen molar-refractivity contribution in [3.05, 3.63) is 42.5 Å². The largest absolute Gasteiger partial charge is 0.495 e. The van der Waals surface area contributed by atoms with Gasteiger partial charge in [-0.15, -0.1) is 0 Å².